The van der Waals surface area contributed by atoms with Crippen LogP contribution in [0, 0.1) is 6.92 Å². The van der Waals surface area contributed by atoms with Gasteiger partial charge in [-0.3, -0.25) is 13.9 Å². The van der Waals surface area contributed by atoms with Gasteiger partial charge < -0.3 is 10.2 Å². The second-order valence-corrected chi connectivity index (χ2v) is 13.2. The fourth-order valence-corrected chi connectivity index (χ4v) is 6.64. The lowest BCUT2D eigenvalue weighted by molar-refractivity contribution is -0.140. The van der Waals surface area contributed by atoms with Gasteiger partial charge in [0, 0.05) is 29.0 Å². The van der Waals surface area contributed by atoms with E-state index in [-0.39, 0.29) is 29.5 Å². The van der Waals surface area contributed by atoms with E-state index in [9.17, 15) is 18.0 Å². The van der Waals surface area contributed by atoms with Crippen LogP contribution in [0.15, 0.2) is 112 Å². The first-order chi connectivity index (χ1) is 20.6. The summed E-state index contributed by atoms with van der Waals surface area (Å²) in [6, 6.07) is 28.8. The topological polar surface area (TPSA) is 86.8 Å². The average molecular weight is 683 g/mol. The number of carbonyl (C=O) groups is 2. The van der Waals surface area contributed by atoms with Gasteiger partial charge in [0.05, 0.1) is 10.6 Å². The molecule has 4 aromatic rings. The number of carbonyl (C=O) groups excluding carboxylic acids is 2. The summed E-state index contributed by atoms with van der Waals surface area (Å²) in [5, 5.41) is 3.20. The molecule has 0 unspecified atom stereocenters. The van der Waals surface area contributed by atoms with Crippen molar-refractivity contribution in [2.75, 3.05) is 17.4 Å². The lowest BCUT2D eigenvalue weighted by atomic mass is 10.0. The summed E-state index contributed by atoms with van der Waals surface area (Å²) in [5.74, 6) is -0.859. The number of anilines is 1. The first-order valence-electron chi connectivity index (χ1n) is 13.8. The number of aryl methyl sites for hydroxylation is 1. The van der Waals surface area contributed by atoms with E-state index in [1.54, 1.807) is 37.3 Å². The zero-order valence-corrected chi connectivity index (χ0v) is 27.1. The molecule has 0 spiro atoms. The molecule has 1 N–H and O–H groups in total. The standard InChI is InChI=1S/C33H33BrClN3O4S/c1-3-36-33(40)31(20-25-10-6-4-7-11-25)37(22-26-15-17-27(34)18-16-26)32(39)23-38(30-21-28(35)19-14-24(30)2)43(41,42)29-12-8-5-9-13-29/h4-19,21,31H,3,20,22-23H2,1-2H3,(H,36,40)/t31-/m1/s1. The number of benzene rings is 4. The molecule has 7 nitrogen and oxygen atoms in total. The van der Waals surface area contributed by atoms with E-state index in [1.807, 2.05) is 61.5 Å². The van der Waals surface area contributed by atoms with Crippen molar-refractivity contribution in [3.05, 3.63) is 129 Å². The minimum absolute atomic E-state index is 0.0335. The SMILES string of the molecule is CCNC(=O)[C@@H](Cc1ccccc1)N(Cc1ccc(Br)cc1)C(=O)CN(c1cc(Cl)ccc1C)S(=O)(=O)c1ccccc1. The molecule has 0 radical (unpaired) electrons. The van der Waals surface area contributed by atoms with E-state index in [2.05, 4.69) is 21.2 Å². The molecule has 224 valence electrons. The van der Waals surface area contributed by atoms with Crippen molar-refractivity contribution in [2.24, 2.45) is 0 Å². The van der Waals surface area contributed by atoms with E-state index in [0.29, 0.717) is 17.1 Å². The van der Waals surface area contributed by atoms with Crippen molar-refractivity contribution < 1.29 is 18.0 Å². The molecule has 0 bridgehead atoms. The van der Waals surface area contributed by atoms with Crippen LogP contribution in [-0.4, -0.2) is 44.3 Å². The smallest absolute Gasteiger partial charge is 0.264 e. The Bertz CT molecular complexity index is 1650. The Hall–Kier alpha value is -3.66. The van der Waals surface area contributed by atoms with Crippen LogP contribution in [0.3, 0.4) is 0 Å². The Kier molecular flexibility index (Phi) is 11.0. The Labute approximate surface area is 266 Å². The van der Waals surface area contributed by atoms with Crippen LogP contribution in [0.1, 0.15) is 23.6 Å². The second kappa shape index (κ2) is 14.7. The maximum absolute atomic E-state index is 14.4. The van der Waals surface area contributed by atoms with Crippen LogP contribution in [0.2, 0.25) is 5.02 Å². The molecule has 4 aromatic carbocycles. The van der Waals surface area contributed by atoms with Gasteiger partial charge in [-0.1, -0.05) is 94.3 Å². The predicted octanol–water partition coefficient (Wildman–Crippen LogP) is 6.38. The minimum atomic E-state index is -4.20. The minimum Gasteiger partial charge on any atom is -0.355 e. The van der Waals surface area contributed by atoms with E-state index >= 15 is 0 Å². The third kappa shape index (κ3) is 8.25. The van der Waals surface area contributed by atoms with Crippen molar-refractivity contribution in [1.82, 2.24) is 10.2 Å². The first-order valence-corrected chi connectivity index (χ1v) is 16.4. The van der Waals surface area contributed by atoms with Gasteiger partial charge in [-0.25, -0.2) is 8.42 Å². The number of sulfonamides is 1. The van der Waals surface area contributed by atoms with E-state index in [4.69, 9.17) is 11.6 Å². The van der Waals surface area contributed by atoms with Crippen LogP contribution >= 0.6 is 27.5 Å². The van der Waals surface area contributed by atoms with E-state index in [1.165, 1.54) is 23.1 Å². The van der Waals surface area contributed by atoms with Crippen molar-refractivity contribution in [3.8, 4) is 0 Å². The molecule has 0 aliphatic carbocycles. The molecule has 4 rings (SSSR count). The zero-order chi connectivity index (χ0) is 31.0. The summed E-state index contributed by atoms with van der Waals surface area (Å²) in [7, 11) is -4.20. The second-order valence-electron chi connectivity index (χ2n) is 10.0. The Morgan fingerprint density at radius 3 is 2.14 bits per heavy atom. The lowest BCUT2D eigenvalue weighted by Gasteiger charge is -2.34. The maximum atomic E-state index is 14.4. The highest BCUT2D eigenvalue weighted by Crippen LogP contribution is 2.30. The number of nitrogens with zero attached hydrogens (tertiary/aromatic N) is 2. The zero-order valence-electron chi connectivity index (χ0n) is 23.9. The summed E-state index contributed by atoms with van der Waals surface area (Å²) in [6.45, 7) is 3.50. The molecule has 0 aromatic heterocycles. The highest BCUT2D eigenvalue weighted by Gasteiger charge is 2.35. The molecule has 0 fully saturated rings. The van der Waals surface area contributed by atoms with Crippen molar-refractivity contribution in [1.29, 1.82) is 0 Å². The predicted molar refractivity (Wildman–Crippen MR) is 174 cm³/mol. The van der Waals surface area contributed by atoms with E-state index < -0.39 is 28.5 Å². The lowest BCUT2D eigenvalue weighted by Crippen LogP contribution is -2.53. The number of halogens is 2. The highest BCUT2D eigenvalue weighted by atomic mass is 79.9. The molecule has 0 saturated carbocycles. The van der Waals surface area contributed by atoms with Crippen molar-refractivity contribution >= 4 is 55.1 Å². The number of hydrogen-bond acceptors (Lipinski definition) is 4. The van der Waals surface area contributed by atoms with Gasteiger partial charge in [0.25, 0.3) is 10.0 Å². The van der Waals surface area contributed by atoms with Crippen LogP contribution in [0.5, 0.6) is 0 Å². The average Bonchev–Trinajstić information content (AvgIpc) is 3.01. The highest BCUT2D eigenvalue weighted by molar-refractivity contribution is 9.10. The van der Waals surface area contributed by atoms with Crippen LogP contribution in [-0.2, 0) is 32.6 Å². The number of likely N-dealkylation sites (N-methyl/N-ethyl adjacent to an activating group) is 1. The van der Waals surface area contributed by atoms with Gasteiger partial charge in [0.15, 0.2) is 0 Å². The molecule has 0 heterocycles. The molecule has 43 heavy (non-hydrogen) atoms. The first kappa shape index (κ1) is 32.3. The van der Waals surface area contributed by atoms with Gasteiger partial charge in [0.1, 0.15) is 12.6 Å². The molecule has 0 saturated heterocycles. The quantitative estimate of drug-likeness (QED) is 0.188. The molecule has 1 atom stereocenters. The van der Waals surface area contributed by atoms with Crippen LogP contribution < -0.4 is 9.62 Å². The number of rotatable bonds is 12. The van der Waals surface area contributed by atoms with Crippen LogP contribution in [0.25, 0.3) is 0 Å². The molecular weight excluding hydrogens is 650 g/mol. The van der Waals surface area contributed by atoms with Gasteiger partial charge in [0.2, 0.25) is 11.8 Å². The van der Waals surface area contributed by atoms with Gasteiger partial charge in [-0.2, -0.15) is 0 Å². The Morgan fingerprint density at radius 1 is 0.884 bits per heavy atom. The largest absolute Gasteiger partial charge is 0.355 e. The summed E-state index contributed by atoms with van der Waals surface area (Å²) in [5.41, 5.74) is 2.56. The van der Waals surface area contributed by atoms with Gasteiger partial charge in [-0.15, -0.1) is 0 Å². The fourth-order valence-electron chi connectivity index (χ4n) is 4.72. The molecular formula is C33H33BrClN3O4S. The fraction of sp³-hybridized carbons (Fsp3) is 0.212. The number of nitrogens with one attached hydrogen (secondary N) is 1. The molecule has 2 amide bonds. The normalized spacial score (nSPS) is 11.9. The number of hydrogen-bond donors (Lipinski definition) is 1. The molecule has 0 aliphatic rings. The monoisotopic (exact) mass is 681 g/mol. The third-order valence-electron chi connectivity index (χ3n) is 6.94. The van der Waals surface area contributed by atoms with E-state index in [0.717, 1.165) is 19.9 Å². The molecule has 10 heteroatoms. The maximum Gasteiger partial charge on any atom is 0.264 e. The van der Waals surface area contributed by atoms with Gasteiger partial charge >= 0.3 is 0 Å². The summed E-state index contributed by atoms with van der Waals surface area (Å²) < 4.78 is 30.1. The van der Waals surface area contributed by atoms with Crippen LogP contribution in [0.4, 0.5) is 5.69 Å². The Morgan fingerprint density at radius 2 is 1.51 bits per heavy atom. The van der Waals surface area contributed by atoms with Crippen molar-refractivity contribution in [3.63, 3.8) is 0 Å². The number of amides is 2. The Balaban J connectivity index is 1.81. The summed E-state index contributed by atoms with van der Waals surface area (Å²) in [6.07, 6.45) is 0.247. The van der Waals surface area contributed by atoms with Crippen molar-refractivity contribution in [2.45, 2.75) is 37.8 Å². The summed E-state index contributed by atoms with van der Waals surface area (Å²) >= 11 is 9.76. The third-order valence-corrected chi connectivity index (χ3v) is 9.48. The van der Waals surface area contributed by atoms with Gasteiger partial charge in [-0.05, 0) is 66.9 Å². The summed E-state index contributed by atoms with van der Waals surface area (Å²) in [4.78, 5) is 29.5. The molecule has 0 aliphatic heterocycles.